The highest BCUT2D eigenvalue weighted by Gasteiger charge is 2.31. The Labute approximate surface area is 108 Å². The minimum Gasteiger partial charge on any atom is -0.398 e. The molecule has 4 nitrogen and oxygen atoms in total. The second kappa shape index (κ2) is 5.08. The van der Waals surface area contributed by atoms with Crippen LogP contribution in [0.15, 0.2) is 18.2 Å². The number of rotatable bonds is 3. The number of nitrogen functional groups attached to an aromatic ring is 1. The Balaban J connectivity index is 2.97. The fraction of sp³-hybridized carbons (Fsp3) is 0.417. The number of hydrogen-bond acceptors (Lipinski definition) is 3. The molecule has 0 unspecified atom stereocenters. The van der Waals surface area contributed by atoms with Gasteiger partial charge in [0, 0.05) is 12.2 Å². The first kappa shape index (κ1) is 15.3. The third-order valence-corrected chi connectivity index (χ3v) is 2.31. The molecular formula is C12H15F3N2O2. The largest absolute Gasteiger partial charge is 0.416 e. The SMILES string of the molecule is CC(C)(O)CNC(=O)c1cc(C(F)(F)F)ccc1N. The Morgan fingerprint density at radius 3 is 2.42 bits per heavy atom. The van der Waals surface area contributed by atoms with Crippen molar-refractivity contribution in [3.05, 3.63) is 29.3 Å². The van der Waals surface area contributed by atoms with E-state index in [0.29, 0.717) is 6.07 Å². The van der Waals surface area contributed by atoms with E-state index in [1.165, 1.54) is 13.8 Å². The third kappa shape index (κ3) is 4.44. The number of carbonyl (C=O) groups is 1. The maximum absolute atomic E-state index is 12.5. The molecule has 0 aliphatic heterocycles. The van der Waals surface area contributed by atoms with Crippen LogP contribution < -0.4 is 11.1 Å². The van der Waals surface area contributed by atoms with Crippen molar-refractivity contribution < 1.29 is 23.1 Å². The van der Waals surface area contributed by atoms with Crippen LogP contribution in [0, 0.1) is 0 Å². The number of aliphatic hydroxyl groups is 1. The van der Waals surface area contributed by atoms with Gasteiger partial charge in [-0.1, -0.05) is 0 Å². The number of halogens is 3. The van der Waals surface area contributed by atoms with Gasteiger partial charge in [-0.15, -0.1) is 0 Å². The van der Waals surface area contributed by atoms with Gasteiger partial charge in [-0.05, 0) is 32.0 Å². The standard InChI is InChI=1S/C12H15F3N2O2/c1-11(2,19)6-17-10(18)8-5-7(12(13,14)15)3-4-9(8)16/h3-5,19H,6,16H2,1-2H3,(H,17,18). The van der Waals surface area contributed by atoms with Crippen LogP contribution in [0.25, 0.3) is 0 Å². The predicted octanol–water partition coefficient (Wildman–Crippen LogP) is 1.79. The Kier molecular flexibility index (Phi) is 4.09. The second-order valence-corrected chi connectivity index (χ2v) is 4.79. The summed E-state index contributed by atoms with van der Waals surface area (Å²) >= 11 is 0. The van der Waals surface area contributed by atoms with Crippen molar-refractivity contribution in [2.24, 2.45) is 0 Å². The first-order valence-electron chi connectivity index (χ1n) is 5.48. The number of amides is 1. The summed E-state index contributed by atoms with van der Waals surface area (Å²) in [6, 6.07) is 2.53. The van der Waals surface area contributed by atoms with Gasteiger partial charge in [-0.25, -0.2) is 0 Å². The highest BCUT2D eigenvalue weighted by atomic mass is 19.4. The molecule has 0 fully saturated rings. The van der Waals surface area contributed by atoms with Crippen LogP contribution in [0.1, 0.15) is 29.8 Å². The van der Waals surface area contributed by atoms with Gasteiger partial charge < -0.3 is 16.2 Å². The minimum atomic E-state index is -4.54. The number of benzene rings is 1. The summed E-state index contributed by atoms with van der Waals surface area (Å²) in [5, 5.41) is 11.8. The monoisotopic (exact) mass is 276 g/mol. The highest BCUT2D eigenvalue weighted by molar-refractivity contribution is 5.99. The first-order chi connectivity index (χ1) is 8.50. The zero-order chi connectivity index (χ0) is 14.8. The molecule has 4 N–H and O–H groups in total. The van der Waals surface area contributed by atoms with Crippen molar-refractivity contribution in [2.75, 3.05) is 12.3 Å². The fourth-order valence-electron chi connectivity index (χ4n) is 1.32. The molecule has 1 rings (SSSR count). The summed E-state index contributed by atoms with van der Waals surface area (Å²) in [5.41, 5.74) is 3.05. The predicted molar refractivity (Wildman–Crippen MR) is 64.5 cm³/mol. The molecule has 0 aliphatic carbocycles. The third-order valence-electron chi connectivity index (χ3n) is 2.31. The lowest BCUT2D eigenvalue weighted by Crippen LogP contribution is -2.38. The number of carbonyl (C=O) groups excluding carboxylic acids is 1. The number of nitrogens with one attached hydrogen (secondary N) is 1. The molecule has 0 aliphatic rings. The molecule has 0 aromatic heterocycles. The molecule has 0 saturated carbocycles. The van der Waals surface area contributed by atoms with Gasteiger partial charge in [-0.3, -0.25) is 4.79 Å². The molecule has 0 radical (unpaired) electrons. The molecule has 1 amide bonds. The minimum absolute atomic E-state index is 0.0544. The molecule has 0 bridgehead atoms. The van der Waals surface area contributed by atoms with E-state index in [9.17, 15) is 23.1 Å². The van der Waals surface area contributed by atoms with Crippen LogP contribution in [-0.4, -0.2) is 23.2 Å². The molecule has 0 heterocycles. The summed E-state index contributed by atoms with van der Waals surface area (Å²) in [5.74, 6) is -0.759. The molecular weight excluding hydrogens is 261 g/mol. The fourth-order valence-corrected chi connectivity index (χ4v) is 1.32. The van der Waals surface area contributed by atoms with E-state index in [1.807, 2.05) is 0 Å². The van der Waals surface area contributed by atoms with Gasteiger partial charge in [-0.2, -0.15) is 13.2 Å². The molecule has 0 atom stereocenters. The zero-order valence-corrected chi connectivity index (χ0v) is 10.5. The van der Waals surface area contributed by atoms with Crippen molar-refractivity contribution >= 4 is 11.6 Å². The lowest BCUT2D eigenvalue weighted by atomic mass is 10.1. The summed E-state index contributed by atoms with van der Waals surface area (Å²) in [6.07, 6.45) is -4.54. The maximum Gasteiger partial charge on any atom is 0.416 e. The molecule has 19 heavy (non-hydrogen) atoms. The summed E-state index contributed by atoms with van der Waals surface area (Å²) in [7, 11) is 0. The van der Waals surface area contributed by atoms with Gasteiger partial charge in [0.05, 0.1) is 16.7 Å². The van der Waals surface area contributed by atoms with Crippen LogP contribution in [0.3, 0.4) is 0 Å². The number of anilines is 1. The highest BCUT2D eigenvalue weighted by Crippen LogP contribution is 2.31. The molecule has 1 aromatic rings. The lowest BCUT2D eigenvalue weighted by Gasteiger charge is -2.18. The second-order valence-electron chi connectivity index (χ2n) is 4.79. The number of hydrogen-bond donors (Lipinski definition) is 3. The van der Waals surface area contributed by atoms with Crippen molar-refractivity contribution in [1.82, 2.24) is 5.32 Å². The first-order valence-corrected chi connectivity index (χ1v) is 5.48. The van der Waals surface area contributed by atoms with Gasteiger partial charge in [0.2, 0.25) is 0 Å². The van der Waals surface area contributed by atoms with Gasteiger partial charge in [0.25, 0.3) is 5.91 Å². The van der Waals surface area contributed by atoms with E-state index in [0.717, 1.165) is 12.1 Å². The van der Waals surface area contributed by atoms with Crippen molar-refractivity contribution in [2.45, 2.75) is 25.6 Å². The van der Waals surface area contributed by atoms with E-state index in [4.69, 9.17) is 5.73 Å². The topological polar surface area (TPSA) is 75.3 Å². The van der Waals surface area contributed by atoms with E-state index < -0.39 is 23.2 Å². The van der Waals surface area contributed by atoms with Crippen molar-refractivity contribution in [3.8, 4) is 0 Å². The maximum atomic E-state index is 12.5. The summed E-state index contributed by atoms with van der Waals surface area (Å²) in [4.78, 5) is 11.7. The van der Waals surface area contributed by atoms with Crippen LogP contribution in [-0.2, 0) is 6.18 Å². The smallest absolute Gasteiger partial charge is 0.398 e. The Bertz CT molecular complexity index is 479. The Morgan fingerprint density at radius 1 is 1.37 bits per heavy atom. The quantitative estimate of drug-likeness (QED) is 0.737. The molecule has 1 aromatic carbocycles. The van der Waals surface area contributed by atoms with Gasteiger partial charge in [0.1, 0.15) is 0 Å². The van der Waals surface area contributed by atoms with Crippen LogP contribution in [0.5, 0.6) is 0 Å². The average molecular weight is 276 g/mol. The van der Waals surface area contributed by atoms with Crippen molar-refractivity contribution in [1.29, 1.82) is 0 Å². The number of nitrogens with two attached hydrogens (primary N) is 1. The van der Waals surface area contributed by atoms with E-state index in [2.05, 4.69) is 5.32 Å². The lowest BCUT2D eigenvalue weighted by molar-refractivity contribution is -0.137. The van der Waals surface area contributed by atoms with E-state index >= 15 is 0 Å². The normalized spacial score (nSPS) is 12.3. The summed E-state index contributed by atoms with van der Waals surface area (Å²) < 4.78 is 37.6. The summed E-state index contributed by atoms with van der Waals surface area (Å²) in [6.45, 7) is 2.83. The van der Waals surface area contributed by atoms with E-state index in [-0.39, 0.29) is 17.8 Å². The molecule has 7 heteroatoms. The Morgan fingerprint density at radius 2 is 1.95 bits per heavy atom. The Hall–Kier alpha value is -1.76. The molecule has 0 spiro atoms. The average Bonchev–Trinajstić information content (AvgIpc) is 2.24. The van der Waals surface area contributed by atoms with Gasteiger partial charge in [0.15, 0.2) is 0 Å². The van der Waals surface area contributed by atoms with Crippen LogP contribution in [0.4, 0.5) is 18.9 Å². The van der Waals surface area contributed by atoms with Crippen molar-refractivity contribution in [3.63, 3.8) is 0 Å². The van der Waals surface area contributed by atoms with Gasteiger partial charge >= 0.3 is 6.18 Å². The zero-order valence-electron chi connectivity index (χ0n) is 10.5. The molecule has 106 valence electrons. The van der Waals surface area contributed by atoms with Crippen LogP contribution in [0.2, 0.25) is 0 Å². The number of alkyl halides is 3. The van der Waals surface area contributed by atoms with Crippen LogP contribution >= 0.6 is 0 Å². The molecule has 0 saturated heterocycles. The van der Waals surface area contributed by atoms with E-state index in [1.54, 1.807) is 0 Å².